The summed E-state index contributed by atoms with van der Waals surface area (Å²) in [6.45, 7) is 3.15. The highest BCUT2D eigenvalue weighted by molar-refractivity contribution is 6.02. The second-order valence-electron chi connectivity index (χ2n) is 6.47. The molecule has 148 valence electrons. The Bertz CT molecular complexity index is 958. The normalized spacial score (nSPS) is 13.8. The van der Waals surface area contributed by atoms with E-state index < -0.39 is 0 Å². The summed E-state index contributed by atoms with van der Waals surface area (Å²) >= 11 is 0. The fraction of sp³-hybridized carbons (Fsp3) is 0.250. The third kappa shape index (κ3) is 4.40. The number of ether oxygens (including phenoxy) is 1. The zero-order valence-electron chi connectivity index (χ0n) is 16.0. The molecule has 0 radical (unpaired) electrons. The summed E-state index contributed by atoms with van der Waals surface area (Å²) in [4.78, 5) is 34.0. The number of carbonyl (C=O) groups is 1. The average Bonchev–Trinajstić information content (AvgIpc) is 2.80. The smallest absolute Gasteiger partial charge is 0.275 e. The van der Waals surface area contributed by atoms with Crippen LogP contribution in [0.3, 0.4) is 0 Å². The number of hydrogen-bond donors (Lipinski definition) is 1. The van der Waals surface area contributed by atoms with Gasteiger partial charge in [0.1, 0.15) is 17.3 Å². The van der Waals surface area contributed by atoms with Gasteiger partial charge in [0.2, 0.25) is 5.95 Å². The summed E-state index contributed by atoms with van der Waals surface area (Å²) < 4.78 is 5.16. The van der Waals surface area contributed by atoms with Gasteiger partial charge in [0.15, 0.2) is 0 Å². The Morgan fingerprint density at radius 1 is 0.966 bits per heavy atom. The Morgan fingerprint density at radius 3 is 2.41 bits per heavy atom. The Labute approximate surface area is 168 Å². The summed E-state index contributed by atoms with van der Waals surface area (Å²) in [7, 11) is 1.58. The van der Waals surface area contributed by atoms with Crippen molar-refractivity contribution in [1.82, 2.24) is 19.9 Å². The van der Waals surface area contributed by atoms with Gasteiger partial charge in [-0.05, 0) is 18.2 Å². The number of nitrogens with one attached hydrogen (secondary N) is 1. The van der Waals surface area contributed by atoms with Crippen molar-refractivity contribution in [1.29, 1.82) is 0 Å². The Kier molecular flexibility index (Phi) is 5.46. The van der Waals surface area contributed by atoms with Gasteiger partial charge in [-0.15, -0.1) is 0 Å². The van der Waals surface area contributed by atoms with E-state index in [2.05, 4.69) is 35.1 Å². The van der Waals surface area contributed by atoms with Gasteiger partial charge in [-0.25, -0.2) is 19.9 Å². The number of nitrogens with zero attached hydrogens (tertiary/aromatic N) is 6. The van der Waals surface area contributed by atoms with E-state index in [0.29, 0.717) is 11.4 Å². The van der Waals surface area contributed by atoms with E-state index >= 15 is 0 Å². The van der Waals surface area contributed by atoms with Crippen LogP contribution in [-0.2, 0) is 0 Å². The van der Waals surface area contributed by atoms with Crippen LogP contribution in [0.25, 0.3) is 0 Å². The van der Waals surface area contributed by atoms with E-state index in [1.807, 2.05) is 12.1 Å². The first-order chi connectivity index (χ1) is 14.2. The zero-order valence-corrected chi connectivity index (χ0v) is 16.0. The number of benzene rings is 1. The summed E-state index contributed by atoms with van der Waals surface area (Å²) in [5, 5.41) is 2.80. The van der Waals surface area contributed by atoms with Crippen molar-refractivity contribution in [3.8, 4) is 5.75 Å². The van der Waals surface area contributed by atoms with Crippen molar-refractivity contribution in [3.63, 3.8) is 0 Å². The molecular weight excluding hydrogens is 370 g/mol. The minimum absolute atomic E-state index is 0.257. The van der Waals surface area contributed by atoms with E-state index in [9.17, 15) is 4.79 Å². The van der Waals surface area contributed by atoms with Gasteiger partial charge in [-0.3, -0.25) is 4.79 Å². The molecule has 0 aliphatic carbocycles. The van der Waals surface area contributed by atoms with Gasteiger partial charge in [0.05, 0.1) is 19.5 Å². The van der Waals surface area contributed by atoms with Crippen LogP contribution >= 0.6 is 0 Å². The van der Waals surface area contributed by atoms with Crippen LogP contribution in [-0.4, -0.2) is 59.1 Å². The third-order valence-electron chi connectivity index (χ3n) is 4.64. The molecule has 3 aromatic rings. The maximum absolute atomic E-state index is 12.4. The SMILES string of the molecule is COc1cccc(NC(=O)c2cnc(N3CCN(c4ncccn4)CC3)cn2)c1. The van der Waals surface area contributed by atoms with Crippen LogP contribution in [0.1, 0.15) is 10.5 Å². The molecule has 1 saturated heterocycles. The highest BCUT2D eigenvalue weighted by atomic mass is 16.5. The minimum Gasteiger partial charge on any atom is -0.497 e. The monoisotopic (exact) mass is 391 g/mol. The first-order valence-corrected chi connectivity index (χ1v) is 9.27. The fourth-order valence-corrected chi connectivity index (χ4v) is 3.09. The molecular formula is C20H21N7O2. The summed E-state index contributed by atoms with van der Waals surface area (Å²) in [5.41, 5.74) is 0.896. The maximum Gasteiger partial charge on any atom is 0.275 e. The molecule has 0 spiro atoms. The minimum atomic E-state index is -0.316. The van der Waals surface area contributed by atoms with Gasteiger partial charge >= 0.3 is 0 Å². The molecule has 0 unspecified atom stereocenters. The molecule has 29 heavy (non-hydrogen) atoms. The lowest BCUT2D eigenvalue weighted by atomic mass is 10.3. The Hall–Kier alpha value is -3.75. The largest absolute Gasteiger partial charge is 0.497 e. The van der Waals surface area contributed by atoms with Crippen LogP contribution in [0.4, 0.5) is 17.5 Å². The summed E-state index contributed by atoms with van der Waals surface area (Å²) in [6, 6.07) is 8.96. The molecule has 1 aromatic carbocycles. The van der Waals surface area contributed by atoms with Crippen LogP contribution < -0.4 is 19.9 Å². The number of carbonyl (C=O) groups excluding carboxylic acids is 1. The Balaban J connectivity index is 1.36. The fourth-order valence-electron chi connectivity index (χ4n) is 3.09. The molecule has 1 fully saturated rings. The molecule has 3 heterocycles. The van der Waals surface area contributed by atoms with Crippen molar-refractivity contribution in [2.45, 2.75) is 0 Å². The number of rotatable bonds is 5. The van der Waals surface area contributed by atoms with Crippen molar-refractivity contribution in [3.05, 3.63) is 60.8 Å². The lowest BCUT2D eigenvalue weighted by molar-refractivity contribution is 0.102. The molecule has 1 aliphatic heterocycles. The number of piperazine rings is 1. The number of amides is 1. The molecule has 2 aromatic heterocycles. The van der Waals surface area contributed by atoms with Gasteiger partial charge in [-0.2, -0.15) is 0 Å². The number of aromatic nitrogens is 4. The molecule has 1 amide bonds. The number of methoxy groups -OCH3 is 1. The van der Waals surface area contributed by atoms with Gasteiger partial charge in [0.25, 0.3) is 5.91 Å². The van der Waals surface area contributed by atoms with Crippen molar-refractivity contribution >= 4 is 23.4 Å². The first kappa shape index (κ1) is 18.6. The van der Waals surface area contributed by atoms with E-state index in [1.165, 1.54) is 6.20 Å². The van der Waals surface area contributed by atoms with Crippen LogP contribution in [0.5, 0.6) is 5.75 Å². The molecule has 0 bridgehead atoms. The van der Waals surface area contributed by atoms with Crippen molar-refractivity contribution in [2.75, 3.05) is 48.4 Å². The molecule has 9 nitrogen and oxygen atoms in total. The topological polar surface area (TPSA) is 96.4 Å². The van der Waals surface area contributed by atoms with Crippen LogP contribution in [0.15, 0.2) is 55.1 Å². The molecule has 0 saturated carbocycles. The highest BCUT2D eigenvalue weighted by Crippen LogP contribution is 2.18. The first-order valence-electron chi connectivity index (χ1n) is 9.27. The standard InChI is InChI=1S/C20H21N7O2/c1-29-16-5-2-4-15(12-16)25-19(28)17-13-24-18(14-23-17)26-8-10-27(11-9-26)20-21-6-3-7-22-20/h2-7,12-14H,8-11H2,1H3,(H,25,28). The number of hydrogen-bond acceptors (Lipinski definition) is 8. The summed E-state index contributed by atoms with van der Waals surface area (Å²) in [6.07, 6.45) is 6.62. The number of anilines is 3. The lowest BCUT2D eigenvalue weighted by Gasteiger charge is -2.35. The second-order valence-corrected chi connectivity index (χ2v) is 6.47. The predicted molar refractivity (Wildman–Crippen MR) is 109 cm³/mol. The molecule has 4 rings (SSSR count). The summed E-state index contributed by atoms with van der Waals surface area (Å²) in [5.74, 6) is 1.84. The van der Waals surface area contributed by atoms with E-state index in [-0.39, 0.29) is 11.6 Å². The van der Waals surface area contributed by atoms with Gasteiger partial charge in [-0.1, -0.05) is 6.07 Å². The zero-order chi connectivity index (χ0) is 20.1. The van der Waals surface area contributed by atoms with E-state index in [4.69, 9.17) is 4.74 Å². The van der Waals surface area contributed by atoms with Crippen molar-refractivity contribution < 1.29 is 9.53 Å². The van der Waals surface area contributed by atoms with Crippen molar-refractivity contribution in [2.24, 2.45) is 0 Å². The lowest BCUT2D eigenvalue weighted by Crippen LogP contribution is -2.47. The molecule has 1 aliphatic rings. The third-order valence-corrected chi connectivity index (χ3v) is 4.64. The van der Waals surface area contributed by atoms with Crippen LogP contribution in [0.2, 0.25) is 0 Å². The molecule has 1 N–H and O–H groups in total. The predicted octanol–water partition coefficient (Wildman–Crippen LogP) is 1.85. The molecule has 9 heteroatoms. The second kappa shape index (κ2) is 8.51. The van der Waals surface area contributed by atoms with E-state index in [0.717, 1.165) is 37.9 Å². The quantitative estimate of drug-likeness (QED) is 0.704. The van der Waals surface area contributed by atoms with Gasteiger partial charge < -0.3 is 19.9 Å². The maximum atomic E-state index is 12.4. The van der Waals surface area contributed by atoms with Crippen LogP contribution in [0, 0.1) is 0 Å². The molecule has 0 atom stereocenters. The Morgan fingerprint density at radius 2 is 1.72 bits per heavy atom. The van der Waals surface area contributed by atoms with E-state index in [1.54, 1.807) is 43.9 Å². The average molecular weight is 391 g/mol. The van der Waals surface area contributed by atoms with Gasteiger partial charge in [0, 0.05) is 50.3 Å². The highest BCUT2D eigenvalue weighted by Gasteiger charge is 2.20.